The zero-order valence-corrected chi connectivity index (χ0v) is 16.7. The Balaban J connectivity index is 2.14. The number of hydrogen-bond donors (Lipinski definition) is 0. The molecule has 6 nitrogen and oxygen atoms in total. The second-order valence-corrected chi connectivity index (χ2v) is 6.32. The van der Waals surface area contributed by atoms with Crippen LogP contribution < -0.4 is 9.47 Å². The van der Waals surface area contributed by atoms with Crippen molar-refractivity contribution in [2.24, 2.45) is 0 Å². The molecule has 2 aromatic carbocycles. The predicted octanol–water partition coefficient (Wildman–Crippen LogP) is 4.45. The summed E-state index contributed by atoms with van der Waals surface area (Å²) in [5, 5.41) is 5.03. The number of aromatic nitrogens is 2. The summed E-state index contributed by atoms with van der Waals surface area (Å²) in [7, 11) is 3.19. The lowest BCUT2D eigenvalue weighted by Gasteiger charge is -2.09. The van der Waals surface area contributed by atoms with Crippen LogP contribution in [0, 0.1) is 0 Å². The lowest BCUT2D eigenvalue weighted by molar-refractivity contribution is -0.144. The van der Waals surface area contributed by atoms with E-state index in [4.69, 9.17) is 25.8 Å². The fourth-order valence-electron chi connectivity index (χ4n) is 2.88. The quantitative estimate of drug-likeness (QED) is 0.548. The van der Waals surface area contributed by atoms with E-state index in [9.17, 15) is 4.79 Å². The van der Waals surface area contributed by atoms with E-state index >= 15 is 0 Å². The van der Waals surface area contributed by atoms with Gasteiger partial charge in [0.25, 0.3) is 0 Å². The second-order valence-electron chi connectivity index (χ2n) is 5.94. The molecule has 0 bridgehead atoms. The monoisotopic (exact) mass is 400 g/mol. The maximum atomic E-state index is 12.1. The van der Waals surface area contributed by atoms with Crippen LogP contribution in [0.25, 0.3) is 22.5 Å². The van der Waals surface area contributed by atoms with Gasteiger partial charge in [-0.1, -0.05) is 35.9 Å². The summed E-state index contributed by atoms with van der Waals surface area (Å²) in [6.07, 6.45) is 0. The average Bonchev–Trinajstić information content (AvgIpc) is 3.04. The molecule has 0 atom stereocenters. The van der Waals surface area contributed by atoms with Gasteiger partial charge < -0.3 is 14.2 Å². The number of esters is 1. The highest BCUT2D eigenvalue weighted by atomic mass is 35.5. The van der Waals surface area contributed by atoms with Crippen LogP contribution in [0.5, 0.6) is 11.5 Å². The van der Waals surface area contributed by atoms with E-state index in [-0.39, 0.29) is 12.5 Å². The van der Waals surface area contributed by atoms with Crippen molar-refractivity contribution in [3.05, 3.63) is 53.6 Å². The molecule has 0 unspecified atom stereocenters. The van der Waals surface area contributed by atoms with Crippen molar-refractivity contribution in [2.45, 2.75) is 13.5 Å². The number of ether oxygens (including phenoxy) is 3. The molecular weight excluding hydrogens is 380 g/mol. The van der Waals surface area contributed by atoms with Gasteiger partial charge in [0.1, 0.15) is 23.7 Å². The average molecular weight is 401 g/mol. The Morgan fingerprint density at radius 2 is 1.64 bits per heavy atom. The van der Waals surface area contributed by atoms with Gasteiger partial charge >= 0.3 is 5.97 Å². The molecule has 0 N–H and O–H groups in total. The number of hydrogen-bond acceptors (Lipinski definition) is 5. The highest BCUT2D eigenvalue weighted by molar-refractivity contribution is 6.35. The molecule has 0 spiro atoms. The molecule has 0 saturated carbocycles. The van der Waals surface area contributed by atoms with Crippen LogP contribution >= 0.6 is 11.6 Å². The van der Waals surface area contributed by atoms with Gasteiger partial charge in [0.05, 0.1) is 31.5 Å². The summed E-state index contributed by atoms with van der Waals surface area (Å²) in [5.74, 6) is 0.986. The zero-order valence-electron chi connectivity index (χ0n) is 15.9. The summed E-state index contributed by atoms with van der Waals surface area (Å²) in [6.45, 7) is 2.01. The van der Waals surface area contributed by atoms with Gasteiger partial charge in [0.15, 0.2) is 0 Å². The number of methoxy groups -OCH3 is 2. The van der Waals surface area contributed by atoms with Crippen LogP contribution in [-0.2, 0) is 16.1 Å². The van der Waals surface area contributed by atoms with Crippen LogP contribution in [0.1, 0.15) is 6.92 Å². The van der Waals surface area contributed by atoms with Crippen molar-refractivity contribution in [1.82, 2.24) is 9.78 Å². The second kappa shape index (κ2) is 8.80. The first-order chi connectivity index (χ1) is 13.6. The molecule has 0 aliphatic carbocycles. The van der Waals surface area contributed by atoms with E-state index in [1.165, 1.54) is 0 Å². The fraction of sp³-hybridized carbons (Fsp3) is 0.238. The molecule has 0 fully saturated rings. The first-order valence-corrected chi connectivity index (χ1v) is 9.16. The standard InChI is InChI=1S/C21H21ClN2O4/c1-4-28-18(25)13-24-21(15-8-6-10-17(12-15)27-3)19(22)20(23-24)14-7-5-9-16(11-14)26-2/h5-12H,4,13H2,1-3H3. The summed E-state index contributed by atoms with van der Waals surface area (Å²) in [6, 6.07) is 14.9. The number of nitrogens with zero attached hydrogens (tertiary/aromatic N) is 2. The molecule has 1 aromatic heterocycles. The van der Waals surface area contributed by atoms with Crippen LogP contribution in [0.4, 0.5) is 0 Å². The molecule has 1 heterocycles. The maximum absolute atomic E-state index is 12.1. The molecule has 0 aliphatic heterocycles. The maximum Gasteiger partial charge on any atom is 0.327 e. The molecule has 3 aromatic rings. The Hall–Kier alpha value is -2.99. The summed E-state index contributed by atoms with van der Waals surface area (Å²) in [5.41, 5.74) is 2.75. The topological polar surface area (TPSA) is 62.6 Å². The van der Waals surface area contributed by atoms with Gasteiger partial charge in [-0.15, -0.1) is 0 Å². The Kier molecular flexibility index (Phi) is 6.21. The molecule has 7 heteroatoms. The van der Waals surface area contributed by atoms with E-state index in [0.717, 1.165) is 11.1 Å². The SMILES string of the molecule is CCOC(=O)Cn1nc(-c2cccc(OC)c2)c(Cl)c1-c1cccc(OC)c1. The zero-order chi connectivity index (χ0) is 20.1. The van der Waals surface area contributed by atoms with E-state index in [0.29, 0.717) is 34.5 Å². The Morgan fingerprint density at radius 3 is 2.25 bits per heavy atom. The molecule has 0 saturated heterocycles. The summed E-state index contributed by atoms with van der Waals surface area (Å²) >= 11 is 6.73. The minimum atomic E-state index is -0.386. The first kappa shape index (κ1) is 19.8. The summed E-state index contributed by atoms with van der Waals surface area (Å²) < 4.78 is 17.3. The van der Waals surface area contributed by atoms with Crippen LogP contribution in [0.15, 0.2) is 48.5 Å². The largest absolute Gasteiger partial charge is 0.497 e. The number of carbonyl (C=O) groups excluding carboxylic acids is 1. The first-order valence-electron chi connectivity index (χ1n) is 8.78. The van der Waals surface area contributed by atoms with Gasteiger partial charge in [-0.05, 0) is 31.2 Å². The predicted molar refractivity (Wildman–Crippen MR) is 108 cm³/mol. The van der Waals surface area contributed by atoms with Crippen LogP contribution in [0.2, 0.25) is 5.02 Å². The third kappa shape index (κ3) is 4.12. The number of benzene rings is 2. The van der Waals surface area contributed by atoms with Crippen molar-refractivity contribution in [1.29, 1.82) is 0 Å². The van der Waals surface area contributed by atoms with Gasteiger partial charge in [-0.25, -0.2) is 0 Å². The molecule has 3 rings (SSSR count). The highest BCUT2D eigenvalue weighted by Crippen LogP contribution is 2.38. The normalized spacial score (nSPS) is 10.6. The molecule has 28 heavy (non-hydrogen) atoms. The molecule has 0 amide bonds. The highest BCUT2D eigenvalue weighted by Gasteiger charge is 2.21. The van der Waals surface area contributed by atoms with Gasteiger partial charge in [-0.2, -0.15) is 5.10 Å². The molecule has 146 valence electrons. The smallest absolute Gasteiger partial charge is 0.327 e. The van der Waals surface area contributed by atoms with Gasteiger partial charge in [-0.3, -0.25) is 9.48 Å². The van der Waals surface area contributed by atoms with Crippen molar-refractivity contribution >= 4 is 17.6 Å². The van der Waals surface area contributed by atoms with E-state index in [1.807, 2.05) is 48.5 Å². The Morgan fingerprint density at radius 1 is 1.04 bits per heavy atom. The number of carbonyl (C=O) groups is 1. The van der Waals surface area contributed by atoms with Crippen molar-refractivity contribution in [2.75, 3.05) is 20.8 Å². The van der Waals surface area contributed by atoms with Crippen LogP contribution in [0.3, 0.4) is 0 Å². The molecular formula is C21H21ClN2O4. The summed E-state index contributed by atoms with van der Waals surface area (Å²) in [4.78, 5) is 12.1. The van der Waals surface area contributed by atoms with E-state index in [2.05, 4.69) is 5.10 Å². The lowest BCUT2D eigenvalue weighted by Crippen LogP contribution is -2.15. The van der Waals surface area contributed by atoms with E-state index in [1.54, 1.807) is 25.8 Å². The molecule has 0 aliphatic rings. The van der Waals surface area contributed by atoms with Crippen LogP contribution in [-0.4, -0.2) is 36.6 Å². The number of rotatable bonds is 7. The van der Waals surface area contributed by atoms with Gasteiger partial charge in [0, 0.05) is 11.1 Å². The van der Waals surface area contributed by atoms with Gasteiger partial charge in [0.2, 0.25) is 0 Å². The van der Waals surface area contributed by atoms with E-state index < -0.39 is 0 Å². The number of halogens is 1. The lowest BCUT2D eigenvalue weighted by atomic mass is 10.1. The fourth-order valence-corrected chi connectivity index (χ4v) is 3.24. The van der Waals surface area contributed by atoms with Crippen molar-refractivity contribution < 1.29 is 19.0 Å². The Labute approximate surface area is 168 Å². The third-order valence-electron chi connectivity index (χ3n) is 4.17. The van der Waals surface area contributed by atoms with Crippen molar-refractivity contribution in [3.8, 4) is 34.0 Å². The minimum Gasteiger partial charge on any atom is -0.497 e. The Bertz CT molecular complexity index is 984. The molecule has 0 radical (unpaired) electrons. The third-order valence-corrected chi connectivity index (χ3v) is 4.52. The van der Waals surface area contributed by atoms with Crippen molar-refractivity contribution in [3.63, 3.8) is 0 Å². The minimum absolute atomic E-state index is 0.0515.